The van der Waals surface area contributed by atoms with Gasteiger partial charge in [0.25, 0.3) is 0 Å². The average Bonchev–Trinajstić information content (AvgIpc) is 3.23. The lowest BCUT2D eigenvalue weighted by molar-refractivity contribution is -0.130. The number of nitrogens with one attached hydrogen (secondary N) is 5. The molecule has 9 heteroatoms. The quantitative estimate of drug-likeness (QED) is 0.389. The molecule has 3 heterocycles. The first kappa shape index (κ1) is 24.8. The van der Waals surface area contributed by atoms with Crippen molar-refractivity contribution < 1.29 is 13.9 Å². The van der Waals surface area contributed by atoms with Crippen molar-refractivity contribution in [3.8, 4) is 0 Å². The standard InChI is InChI=1S/C25H45FN6O2/c1-32-23(30-31-24(32)20-9-10-27-12-21(20)26)13-28-18-7-4-6-16(11-18)25(33)29-22-15-34-14-17-5-2-3-8-19(17)22/h16-24,27-28,30-31H,2-15H2,1H3,(H,29,33)/t16?,17?,18?,19?,20?,21?,22-,23?,24?/m0/s1. The summed E-state index contributed by atoms with van der Waals surface area (Å²) in [6.07, 6.45) is 9.26. The van der Waals surface area contributed by atoms with E-state index in [9.17, 15) is 9.18 Å². The molecule has 1 amide bonds. The van der Waals surface area contributed by atoms with Crippen LogP contribution >= 0.6 is 0 Å². The fraction of sp³-hybridized carbons (Fsp3) is 0.960. The number of halogens is 1. The summed E-state index contributed by atoms with van der Waals surface area (Å²) in [6.45, 7) is 3.64. The molecule has 3 saturated heterocycles. The van der Waals surface area contributed by atoms with E-state index in [0.717, 1.165) is 51.8 Å². The zero-order valence-corrected chi connectivity index (χ0v) is 20.7. The highest BCUT2D eigenvalue weighted by Crippen LogP contribution is 2.36. The molecule has 2 aliphatic carbocycles. The normalized spacial score (nSPS) is 43.9. The van der Waals surface area contributed by atoms with Gasteiger partial charge in [-0.25, -0.2) is 15.2 Å². The predicted octanol–water partition coefficient (Wildman–Crippen LogP) is 1.10. The van der Waals surface area contributed by atoms with E-state index < -0.39 is 6.17 Å². The van der Waals surface area contributed by atoms with E-state index in [2.05, 4.69) is 38.7 Å². The Labute approximate surface area is 203 Å². The second kappa shape index (κ2) is 11.5. The van der Waals surface area contributed by atoms with Gasteiger partial charge in [-0.05, 0) is 64.0 Å². The predicted molar refractivity (Wildman–Crippen MR) is 129 cm³/mol. The highest BCUT2D eigenvalue weighted by Gasteiger charge is 2.41. The summed E-state index contributed by atoms with van der Waals surface area (Å²) < 4.78 is 20.3. The summed E-state index contributed by atoms with van der Waals surface area (Å²) in [6, 6.07) is 0.533. The van der Waals surface area contributed by atoms with Gasteiger partial charge >= 0.3 is 0 Å². The molecule has 194 valence electrons. The Morgan fingerprint density at radius 2 is 1.94 bits per heavy atom. The molecule has 2 saturated carbocycles. The molecule has 34 heavy (non-hydrogen) atoms. The molecule has 5 fully saturated rings. The minimum absolute atomic E-state index is 0.000893. The van der Waals surface area contributed by atoms with Crippen molar-refractivity contribution in [2.45, 2.75) is 88.4 Å². The maximum absolute atomic E-state index is 14.4. The Bertz CT molecular complexity index is 684. The Kier molecular flexibility index (Phi) is 8.38. The van der Waals surface area contributed by atoms with Crippen molar-refractivity contribution in [2.24, 2.45) is 23.7 Å². The molecule has 0 bridgehead atoms. The molecule has 5 N–H and O–H groups in total. The van der Waals surface area contributed by atoms with Crippen LogP contribution in [0.4, 0.5) is 4.39 Å². The second-order valence-electron chi connectivity index (χ2n) is 11.4. The van der Waals surface area contributed by atoms with E-state index in [1.165, 1.54) is 25.7 Å². The van der Waals surface area contributed by atoms with Gasteiger partial charge in [0.1, 0.15) is 6.17 Å². The highest BCUT2D eigenvalue weighted by atomic mass is 19.1. The van der Waals surface area contributed by atoms with Crippen molar-refractivity contribution in [2.75, 3.05) is 39.9 Å². The molecule has 0 aromatic carbocycles. The number of alkyl halides is 1. The first-order chi connectivity index (χ1) is 16.6. The molecule has 0 aromatic heterocycles. The molecule has 8 unspecified atom stereocenters. The number of nitrogens with zero attached hydrogens (tertiary/aromatic N) is 1. The van der Waals surface area contributed by atoms with Gasteiger partial charge in [0.15, 0.2) is 0 Å². The van der Waals surface area contributed by atoms with Crippen molar-refractivity contribution >= 4 is 5.91 Å². The third kappa shape index (κ3) is 5.60. The summed E-state index contributed by atoms with van der Waals surface area (Å²) in [5.74, 6) is 1.53. The van der Waals surface area contributed by atoms with Gasteiger partial charge in [0.05, 0.1) is 25.0 Å². The number of amides is 1. The lowest BCUT2D eigenvalue weighted by Gasteiger charge is -2.42. The van der Waals surface area contributed by atoms with Gasteiger partial charge < -0.3 is 20.7 Å². The smallest absolute Gasteiger partial charge is 0.223 e. The Morgan fingerprint density at radius 3 is 2.82 bits per heavy atom. The van der Waals surface area contributed by atoms with Gasteiger partial charge in [-0.3, -0.25) is 9.69 Å². The van der Waals surface area contributed by atoms with Crippen LogP contribution in [0.1, 0.15) is 57.8 Å². The Balaban J connectivity index is 1.08. The van der Waals surface area contributed by atoms with E-state index in [0.29, 0.717) is 31.0 Å². The minimum atomic E-state index is -0.821. The van der Waals surface area contributed by atoms with Crippen LogP contribution in [0.2, 0.25) is 0 Å². The van der Waals surface area contributed by atoms with E-state index >= 15 is 0 Å². The van der Waals surface area contributed by atoms with E-state index in [-0.39, 0.29) is 36.1 Å². The van der Waals surface area contributed by atoms with Crippen LogP contribution in [0.5, 0.6) is 0 Å². The van der Waals surface area contributed by atoms with Crippen molar-refractivity contribution in [3.05, 3.63) is 0 Å². The van der Waals surface area contributed by atoms with Crippen LogP contribution < -0.4 is 26.8 Å². The molecule has 0 aromatic rings. The van der Waals surface area contributed by atoms with Crippen LogP contribution in [0.25, 0.3) is 0 Å². The van der Waals surface area contributed by atoms with Gasteiger partial charge in [-0.2, -0.15) is 0 Å². The SMILES string of the molecule is CN1C(CNC2CCCC(C(=O)N[C@H]3COCC4CCCCC43)C2)NNC1C1CCNCC1F. The number of fused-ring (bicyclic) bond motifs is 1. The van der Waals surface area contributed by atoms with Crippen LogP contribution in [-0.4, -0.2) is 81.3 Å². The molecule has 0 spiro atoms. The van der Waals surface area contributed by atoms with Crippen molar-refractivity contribution in [1.82, 2.24) is 31.7 Å². The lowest BCUT2D eigenvalue weighted by Crippen LogP contribution is -2.53. The monoisotopic (exact) mass is 480 g/mol. The fourth-order valence-corrected chi connectivity index (χ4v) is 7.16. The molecular weight excluding hydrogens is 435 g/mol. The van der Waals surface area contributed by atoms with E-state index in [1.54, 1.807) is 0 Å². The summed E-state index contributed by atoms with van der Waals surface area (Å²) in [7, 11) is 2.07. The summed E-state index contributed by atoms with van der Waals surface area (Å²) >= 11 is 0. The summed E-state index contributed by atoms with van der Waals surface area (Å²) in [5.41, 5.74) is 6.69. The molecule has 3 aliphatic heterocycles. The number of hydrogen-bond donors (Lipinski definition) is 5. The maximum Gasteiger partial charge on any atom is 0.223 e. The number of ether oxygens (including phenoxy) is 1. The Morgan fingerprint density at radius 1 is 1.06 bits per heavy atom. The number of likely N-dealkylation sites (N-methyl/N-ethyl adjacent to an activating group) is 1. The van der Waals surface area contributed by atoms with E-state index in [4.69, 9.17) is 4.74 Å². The third-order valence-electron chi connectivity index (χ3n) is 9.28. The first-order valence-corrected chi connectivity index (χ1v) is 13.8. The second-order valence-corrected chi connectivity index (χ2v) is 11.4. The zero-order chi connectivity index (χ0) is 23.5. The fourth-order valence-electron chi connectivity index (χ4n) is 7.16. The molecule has 5 aliphatic rings. The van der Waals surface area contributed by atoms with Crippen LogP contribution in [-0.2, 0) is 9.53 Å². The molecule has 5 rings (SSSR count). The van der Waals surface area contributed by atoms with Gasteiger partial charge in [0, 0.05) is 37.6 Å². The number of carbonyl (C=O) groups is 1. The van der Waals surface area contributed by atoms with Crippen LogP contribution in [0, 0.1) is 23.7 Å². The first-order valence-electron chi connectivity index (χ1n) is 13.8. The number of hydrazine groups is 1. The number of piperidine rings is 1. The number of hydrogen-bond acceptors (Lipinski definition) is 7. The minimum Gasteiger partial charge on any atom is -0.379 e. The average molecular weight is 481 g/mol. The van der Waals surface area contributed by atoms with Gasteiger partial charge in [-0.1, -0.05) is 19.3 Å². The maximum atomic E-state index is 14.4. The molecule has 0 radical (unpaired) electrons. The molecular formula is C25H45FN6O2. The third-order valence-corrected chi connectivity index (χ3v) is 9.28. The van der Waals surface area contributed by atoms with Crippen molar-refractivity contribution in [1.29, 1.82) is 0 Å². The van der Waals surface area contributed by atoms with Crippen LogP contribution in [0.3, 0.4) is 0 Å². The number of rotatable bonds is 6. The largest absolute Gasteiger partial charge is 0.379 e. The summed E-state index contributed by atoms with van der Waals surface area (Å²) in [5, 5.41) is 10.2. The topological polar surface area (TPSA) is 89.7 Å². The summed E-state index contributed by atoms with van der Waals surface area (Å²) in [4.78, 5) is 15.4. The van der Waals surface area contributed by atoms with E-state index in [1.807, 2.05) is 0 Å². The Hall–Kier alpha value is -0.840. The zero-order valence-electron chi connectivity index (χ0n) is 20.7. The highest BCUT2D eigenvalue weighted by molar-refractivity contribution is 5.79. The lowest BCUT2D eigenvalue weighted by atomic mass is 9.74. The molecule has 9 atom stereocenters. The number of carbonyl (C=O) groups excluding carboxylic acids is 1. The van der Waals surface area contributed by atoms with Gasteiger partial charge in [0.2, 0.25) is 5.91 Å². The van der Waals surface area contributed by atoms with Gasteiger partial charge in [-0.15, -0.1) is 0 Å². The van der Waals surface area contributed by atoms with Crippen molar-refractivity contribution in [3.63, 3.8) is 0 Å². The van der Waals surface area contributed by atoms with Crippen LogP contribution in [0.15, 0.2) is 0 Å². The molecule has 8 nitrogen and oxygen atoms in total.